The monoisotopic (exact) mass is 241 g/mol. The zero-order chi connectivity index (χ0) is 12.4. The quantitative estimate of drug-likeness (QED) is 0.774. The molecule has 0 aliphatic heterocycles. The average Bonchev–Trinajstić information content (AvgIpc) is 2.68. The van der Waals surface area contributed by atoms with Crippen molar-refractivity contribution in [3.63, 3.8) is 0 Å². The zero-order valence-corrected chi connectivity index (χ0v) is 9.75. The summed E-state index contributed by atoms with van der Waals surface area (Å²) in [6.07, 6.45) is 0. The summed E-state index contributed by atoms with van der Waals surface area (Å²) >= 11 is 5.09. The van der Waals surface area contributed by atoms with E-state index in [9.17, 15) is 0 Å². The molecule has 1 aromatic carbocycles. The summed E-state index contributed by atoms with van der Waals surface area (Å²) in [6.45, 7) is 1.80. The number of rotatable bonds is 1. The molecule has 0 saturated carbocycles. The van der Waals surface area contributed by atoms with Crippen LogP contribution < -0.4 is 0 Å². The van der Waals surface area contributed by atoms with Gasteiger partial charge in [-0.15, -0.1) is 0 Å². The first-order valence-corrected chi connectivity index (χ1v) is 5.17. The van der Waals surface area contributed by atoms with E-state index in [0.29, 0.717) is 21.7 Å². The topological polar surface area (TPSA) is 81.2 Å². The fraction of sp³-hybridized carbons (Fsp3) is 0.0909. The number of benzene rings is 1. The van der Waals surface area contributed by atoms with Crippen LogP contribution >= 0.6 is 12.2 Å². The van der Waals surface area contributed by atoms with Crippen molar-refractivity contribution in [2.45, 2.75) is 6.92 Å². The van der Waals surface area contributed by atoms with Crippen LogP contribution in [0.3, 0.4) is 0 Å². The summed E-state index contributed by atoms with van der Waals surface area (Å²) in [6, 6.07) is 8.91. The molecule has 0 spiro atoms. The molecule has 0 unspecified atom stereocenters. The van der Waals surface area contributed by atoms with Gasteiger partial charge in [0.15, 0.2) is 4.77 Å². The van der Waals surface area contributed by atoms with Crippen molar-refractivity contribution >= 4 is 12.2 Å². The fourth-order valence-electron chi connectivity index (χ4n) is 1.54. The summed E-state index contributed by atoms with van der Waals surface area (Å²) in [5, 5.41) is 24.4. The van der Waals surface area contributed by atoms with Crippen molar-refractivity contribution in [2.75, 3.05) is 0 Å². The van der Waals surface area contributed by atoms with E-state index in [2.05, 4.69) is 10.2 Å². The van der Waals surface area contributed by atoms with Crippen molar-refractivity contribution in [3.05, 3.63) is 39.9 Å². The molecule has 0 saturated heterocycles. The zero-order valence-electron chi connectivity index (χ0n) is 8.93. The minimum atomic E-state index is 0.326. The van der Waals surface area contributed by atoms with Crippen LogP contribution in [0.25, 0.3) is 5.69 Å². The van der Waals surface area contributed by atoms with Gasteiger partial charge >= 0.3 is 0 Å². The van der Waals surface area contributed by atoms with Crippen molar-refractivity contribution in [2.24, 2.45) is 0 Å². The fourth-order valence-corrected chi connectivity index (χ4v) is 1.82. The third-order valence-electron chi connectivity index (χ3n) is 2.34. The summed E-state index contributed by atoms with van der Waals surface area (Å²) in [5.74, 6) is 0.698. The number of aromatic amines is 1. The van der Waals surface area contributed by atoms with Gasteiger partial charge in [0.05, 0.1) is 16.8 Å². The van der Waals surface area contributed by atoms with Crippen molar-refractivity contribution in [1.29, 1.82) is 10.5 Å². The molecule has 82 valence electrons. The number of nitrogens with one attached hydrogen (secondary N) is 1. The van der Waals surface area contributed by atoms with E-state index >= 15 is 0 Å². The minimum absolute atomic E-state index is 0.326. The molecule has 2 aromatic rings. The second-order valence-corrected chi connectivity index (χ2v) is 3.75. The van der Waals surface area contributed by atoms with E-state index in [4.69, 9.17) is 22.7 Å². The second kappa shape index (κ2) is 4.20. The van der Waals surface area contributed by atoms with E-state index in [1.165, 1.54) is 0 Å². The predicted octanol–water partition coefficient (Wildman–Crippen LogP) is 1.98. The van der Waals surface area contributed by atoms with Gasteiger partial charge in [-0.05, 0) is 37.3 Å². The van der Waals surface area contributed by atoms with Gasteiger partial charge < -0.3 is 0 Å². The maximum atomic E-state index is 8.95. The van der Waals surface area contributed by atoms with Gasteiger partial charge in [0.2, 0.25) is 0 Å². The van der Waals surface area contributed by atoms with E-state index in [1.54, 1.807) is 29.7 Å². The number of nitriles is 2. The van der Waals surface area contributed by atoms with Gasteiger partial charge in [-0.2, -0.15) is 15.6 Å². The van der Waals surface area contributed by atoms with Gasteiger partial charge in [0.1, 0.15) is 18.0 Å². The van der Waals surface area contributed by atoms with Crippen LogP contribution in [0.15, 0.2) is 18.2 Å². The number of H-pyrrole nitrogens is 1. The van der Waals surface area contributed by atoms with Crippen LogP contribution in [0.2, 0.25) is 0 Å². The maximum Gasteiger partial charge on any atom is 0.199 e. The molecule has 0 bridgehead atoms. The number of nitrogens with zero attached hydrogens (tertiary/aromatic N) is 4. The SMILES string of the molecule is Cc1n[nH]c(=S)n1-c1ccc(C#N)c(C#N)c1. The van der Waals surface area contributed by atoms with E-state index in [0.717, 1.165) is 5.69 Å². The molecule has 1 heterocycles. The summed E-state index contributed by atoms with van der Waals surface area (Å²) in [4.78, 5) is 0. The van der Waals surface area contributed by atoms with Gasteiger partial charge in [-0.1, -0.05) is 0 Å². The lowest BCUT2D eigenvalue weighted by atomic mass is 10.1. The highest BCUT2D eigenvalue weighted by Crippen LogP contribution is 2.15. The number of aryl methyl sites for hydroxylation is 1. The molecule has 5 nitrogen and oxygen atoms in total. The number of hydrogen-bond donors (Lipinski definition) is 1. The first kappa shape index (κ1) is 11.1. The van der Waals surface area contributed by atoms with Gasteiger partial charge in [-0.25, -0.2) is 0 Å². The van der Waals surface area contributed by atoms with E-state index < -0.39 is 0 Å². The smallest absolute Gasteiger partial charge is 0.199 e. The third kappa shape index (κ3) is 1.82. The first-order valence-electron chi connectivity index (χ1n) is 4.76. The Balaban J connectivity index is 2.68. The van der Waals surface area contributed by atoms with Crippen molar-refractivity contribution < 1.29 is 0 Å². The van der Waals surface area contributed by atoms with Crippen molar-refractivity contribution in [3.8, 4) is 17.8 Å². The molecule has 0 radical (unpaired) electrons. The van der Waals surface area contributed by atoms with Gasteiger partial charge in [0, 0.05) is 0 Å². The largest absolute Gasteiger partial charge is 0.272 e. The Hall–Kier alpha value is -2.44. The lowest BCUT2D eigenvalue weighted by molar-refractivity contribution is 0.962. The second-order valence-electron chi connectivity index (χ2n) is 3.36. The van der Waals surface area contributed by atoms with Crippen LogP contribution in [0.1, 0.15) is 17.0 Å². The van der Waals surface area contributed by atoms with Crippen LogP contribution in [0, 0.1) is 34.4 Å². The van der Waals surface area contributed by atoms with Crippen LogP contribution in [-0.2, 0) is 0 Å². The molecule has 0 aliphatic carbocycles. The average molecular weight is 241 g/mol. The third-order valence-corrected chi connectivity index (χ3v) is 2.62. The number of aromatic nitrogens is 3. The Morgan fingerprint density at radius 1 is 1.29 bits per heavy atom. The maximum absolute atomic E-state index is 8.95. The lowest BCUT2D eigenvalue weighted by Crippen LogP contribution is -1.98. The van der Waals surface area contributed by atoms with Crippen LogP contribution in [0.4, 0.5) is 0 Å². The van der Waals surface area contributed by atoms with Crippen LogP contribution in [-0.4, -0.2) is 14.8 Å². The highest BCUT2D eigenvalue weighted by Gasteiger charge is 2.07. The standard InChI is InChI=1S/C11H7N5S/c1-7-14-15-11(17)16(7)10-3-2-8(5-12)9(4-10)6-13/h2-4H,1H3,(H,15,17). The Bertz CT molecular complexity index is 711. The molecule has 0 fully saturated rings. The van der Waals surface area contributed by atoms with E-state index in [1.807, 2.05) is 12.1 Å². The first-order chi connectivity index (χ1) is 8.17. The number of hydrogen-bond acceptors (Lipinski definition) is 4. The molecule has 2 rings (SSSR count). The lowest BCUT2D eigenvalue weighted by Gasteiger charge is -2.04. The highest BCUT2D eigenvalue weighted by molar-refractivity contribution is 7.71. The molecule has 17 heavy (non-hydrogen) atoms. The Kier molecular flexibility index (Phi) is 2.73. The molecular formula is C11H7N5S. The minimum Gasteiger partial charge on any atom is -0.272 e. The molecule has 1 aromatic heterocycles. The molecular weight excluding hydrogens is 234 g/mol. The Labute approximate surface area is 103 Å². The summed E-state index contributed by atoms with van der Waals surface area (Å²) in [5.41, 5.74) is 1.40. The van der Waals surface area contributed by atoms with Gasteiger partial charge in [-0.3, -0.25) is 9.67 Å². The van der Waals surface area contributed by atoms with Crippen LogP contribution in [0.5, 0.6) is 0 Å². The summed E-state index contributed by atoms with van der Waals surface area (Å²) < 4.78 is 2.16. The van der Waals surface area contributed by atoms with Gasteiger partial charge in [0.25, 0.3) is 0 Å². The normalized spacial score (nSPS) is 9.59. The predicted molar refractivity (Wildman–Crippen MR) is 62.9 cm³/mol. The Morgan fingerprint density at radius 2 is 2.00 bits per heavy atom. The molecule has 1 N–H and O–H groups in total. The highest BCUT2D eigenvalue weighted by atomic mass is 32.1. The molecule has 6 heteroatoms. The molecule has 0 amide bonds. The molecule has 0 aliphatic rings. The summed E-state index contributed by atoms with van der Waals surface area (Å²) in [7, 11) is 0. The molecule has 0 atom stereocenters. The van der Waals surface area contributed by atoms with Crippen molar-refractivity contribution in [1.82, 2.24) is 14.8 Å². The van der Waals surface area contributed by atoms with E-state index in [-0.39, 0.29) is 0 Å². The Morgan fingerprint density at radius 3 is 2.53 bits per heavy atom.